The van der Waals surface area contributed by atoms with Gasteiger partial charge in [0.25, 0.3) is 0 Å². The van der Waals surface area contributed by atoms with Crippen LogP contribution in [0.1, 0.15) is 36.8 Å². The maximum Gasteiger partial charge on any atom is 0.136 e. The van der Waals surface area contributed by atoms with Gasteiger partial charge in [0, 0.05) is 28.6 Å². The standard InChI is InChI=1S/C20H20Cl2N2OS.CH4O/c1-13(2)19-20(26-17-9-15(21)8-16(22)10-17)24(18(12-25)23-19)11-14-6-4-3-5-7-14;1-2/h3-10,13,25H,11-12H2,1-2H3;2H,1H3. The van der Waals surface area contributed by atoms with E-state index in [4.69, 9.17) is 33.3 Å². The molecule has 28 heavy (non-hydrogen) atoms. The summed E-state index contributed by atoms with van der Waals surface area (Å²) in [4.78, 5) is 5.64. The fourth-order valence-electron chi connectivity index (χ4n) is 2.73. The van der Waals surface area contributed by atoms with Crippen LogP contribution in [0.25, 0.3) is 0 Å². The van der Waals surface area contributed by atoms with Crippen LogP contribution in [0.5, 0.6) is 0 Å². The van der Waals surface area contributed by atoms with Gasteiger partial charge in [0.2, 0.25) is 0 Å². The lowest BCUT2D eigenvalue weighted by molar-refractivity contribution is 0.265. The highest BCUT2D eigenvalue weighted by molar-refractivity contribution is 7.99. The largest absolute Gasteiger partial charge is 0.400 e. The number of nitrogens with zero attached hydrogens (tertiary/aromatic N) is 2. The topological polar surface area (TPSA) is 58.3 Å². The van der Waals surface area contributed by atoms with Gasteiger partial charge in [-0.05, 0) is 29.7 Å². The van der Waals surface area contributed by atoms with Crippen LogP contribution < -0.4 is 0 Å². The third-order valence-electron chi connectivity index (χ3n) is 3.95. The Morgan fingerprint density at radius 3 is 2.18 bits per heavy atom. The van der Waals surface area contributed by atoms with Gasteiger partial charge in [0.1, 0.15) is 17.5 Å². The SMILES string of the molecule is CC(C)c1nc(CO)n(Cc2ccccc2)c1Sc1cc(Cl)cc(Cl)c1.CO. The van der Waals surface area contributed by atoms with E-state index in [0.717, 1.165) is 28.3 Å². The van der Waals surface area contributed by atoms with Crippen LogP contribution in [0, 0.1) is 0 Å². The molecule has 1 aromatic heterocycles. The Morgan fingerprint density at radius 1 is 1.04 bits per heavy atom. The van der Waals surface area contributed by atoms with E-state index in [0.29, 0.717) is 22.4 Å². The lowest BCUT2D eigenvalue weighted by Gasteiger charge is -2.13. The Morgan fingerprint density at radius 2 is 1.64 bits per heavy atom. The van der Waals surface area contributed by atoms with E-state index in [9.17, 15) is 5.11 Å². The molecule has 2 aromatic carbocycles. The predicted molar refractivity (Wildman–Crippen MR) is 117 cm³/mol. The first-order chi connectivity index (χ1) is 13.5. The van der Waals surface area contributed by atoms with E-state index in [-0.39, 0.29) is 12.5 Å². The van der Waals surface area contributed by atoms with Crippen molar-refractivity contribution in [1.29, 1.82) is 0 Å². The second-order valence-electron chi connectivity index (χ2n) is 6.31. The first-order valence-corrected chi connectivity index (χ1v) is 10.4. The summed E-state index contributed by atoms with van der Waals surface area (Å²) in [6, 6.07) is 15.7. The minimum atomic E-state index is -0.108. The number of aliphatic hydroxyl groups is 2. The van der Waals surface area contributed by atoms with Crippen molar-refractivity contribution in [2.24, 2.45) is 0 Å². The van der Waals surface area contributed by atoms with Crippen LogP contribution in [-0.2, 0) is 13.2 Å². The third kappa shape index (κ3) is 5.75. The van der Waals surface area contributed by atoms with Crippen LogP contribution in [0.3, 0.4) is 0 Å². The van der Waals surface area contributed by atoms with Crippen LogP contribution in [-0.4, -0.2) is 26.9 Å². The highest BCUT2D eigenvalue weighted by atomic mass is 35.5. The average molecular weight is 439 g/mol. The molecule has 4 nitrogen and oxygen atoms in total. The van der Waals surface area contributed by atoms with Gasteiger partial charge in [-0.1, -0.05) is 79.1 Å². The molecule has 150 valence electrons. The highest BCUT2D eigenvalue weighted by Gasteiger charge is 2.20. The second-order valence-corrected chi connectivity index (χ2v) is 8.25. The maximum absolute atomic E-state index is 9.84. The Labute approximate surface area is 180 Å². The lowest BCUT2D eigenvalue weighted by atomic mass is 10.1. The fraction of sp³-hybridized carbons (Fsp3) is 0.286. The van der Waals surface area contributed by atoms with E-state index in [1.807, 2.05) is 30.3 Å². The van der Waals surface area contributed by atoms with Crippen molar-refractivity contribution in [2.75, 3.05) is 7.11 Å². The summed E-state index contributed by atoms with van der Waals surface area (Å²) in [6.07, 6.45) is 0. The van der Waals surface area contributed by atoms with E-state index in [1.165, 1.54) is 0 Å². The smallest absolute Gasteiger partial charge is 0.136 e. The molecule has 1 heterocycles. The van der Waals surface area contributed by atoms with Gasteiger partial charge in [-0.25, -0.2) is 4.98 Å². The van der Waals surface area contributed by atoms with Crippen molar-refractivity contribution in [3.63, 3.8) is 0 Å². The quantitative estimate of drug-likeness (QED) is 0.524. The van der Waals surface area contributed by atoms with Crippen LogP contribution in [0.15, 0.2) is 58.5 Å². The van der Waals surface area contributed by atoms with Gasteiger partial charge in [-0.15, -0.1) is 0 Å². The van der Waals surface area contributed by atoms with Crippen LogP contribution in [0.2, 0.25) is 10.0 Å². The van der Waals surface area contributed by atoms with E-state index < -0.39 is 0 Å². The second kappa shape index (κ2) is 10.9. The molecule has 3 rings (SSSR count). The van der Waals surface area contributed by atoms with Crippen molar-refractivity contribution >= 4 is 35.0 Å². The summed E-state index contributed by atoms with van der Waals surface area (Å²) < 4.78 is 2.07. The molecular weight excluding hydrogens is 415 g/mol. The molecule has 0 spiro atoms. The fourth-order valence-corrected chi connectivity index (χ4v) is 4.65. The van der Waals surface area contributed by atoms with Gasteiger partial charge in [0.15, 0.2) is 0 Å². The van der Waals surface area contributed by atoms with Gasteiger partial charge < -0.3 is 14.8 Å². The van der Waals surface area contributed by atoms with E-state index >= 15 is 0 Å². The number of halogens is 2. The van der Waals surface area contributed by atoms with Crippen molar-refractivity contribution in [3.8, 4) is 0 Å². The summed E-state index contributed by atoms with van der Waals surface area (Å²) >= 11 is 13.9. The molecule has 0 bridgehead atoms. The summed E-state index contributed by atoms with van der Waals surface area (Å²) in [5.74, 6) is 0.891. The van der Waals surface area contributed by atoms with E-state index in [1.54, 1.807) is 17.8 Å². The van der Waals surface area contributed by atoms with Crippen LogP contribution >= 0.6 is 35.0 Å². The molecular formula is C21H24Cl2N2O2S. The Hall–Kier alpha value is -1.50. The number of aromatic nitrogens is 2. The molecule has 3 aromatic rings. The number of rotatable bonds is 6. The van der Waals surface area contributed by atoms with Crippen molar-refractivity contribution < 1.29 is 10.2 Å². The lowest BCUT2D eigenvalue weighted by Crippen LogP contribution is -2.06. The summed E-state index contributed by atoms with van der Waals surface area (Å²) in [7, 11) is 1.00. The van der Waals surface area contributed by atoms with Gasteiger partial charge in [0.05, 0.1) is 5.69 Å². The zero-order valence-electron chi connectivity index (χ0n) is 16.1. The minimum absolute atomic E-state index is 0.108. The number of hydrogen-bond donors (Lipinski definition) is 2. The van der Waals surface area contributed by atoms with Gasteiger partial charge in [-0.3, -0.25) is 0 Å². The molecule has 0 aliphatic rings. The molecule has 0 atom stereocenters. The highest BCUT2D eigenvalue weighted by Crippen LogP contribution is 2.37. The molecule has 0 fully saturated rings. The Bertz CT molecular complexity index is 879. The number of aliphatic hydroxyl groups excluding tert-OH is 2. The first-order valence-electron chi connectivity index (χ1n) is 8.80. The van der Waals surface area contributed by atoms with Crippen molar-refractivity contribution in [3.05, 3.63) is 75.7 Å². The normalized spacial score (nSPS) is 10.7. The Balaban J connectivity index is 0.00000136. The summed E-state index contributed by atoms with van der Waals surface area (Å²) in [5.41, 5.74) is 2.12. The Kier molecular flexibility index (Phi) is 8.86. The number of hydrogen-bond acceptors (Lipinski definition) is 4. The third-order valence-corrected chi connectivity index (χ3v) is 5.48. The van der Waals surface area contributed by atoms with E-state index in [2.05, 4.69) is 30.5 Å². The molecule has 0 radical (unpaired) electrons. The van der Waals surface area contributed by atoms with Gasteiger partial charge in [-0.2, -0.15) is 0 Å². The monoisotopic (exact) mass is 438 g/mol. The number of imidazole rings is 1. The summed E-state index contributed by atoms with van der Waals surface area (Å²) in [6.45, 7) is 4.74. The molecule has 0 saturated heterocycles. The first kappa shape index (κ1) is 22.8. The maximum atomic E-state index is 9.84. The molecule has 0 saturated carbocycles. The molecule has 0 aliphatic carbocycles. The van der Waals surface area contributed by atoms with Gasteiger partial charge >= 0.3 is 0 Å². The van der Waals surface area contributed by atoms with Crippen molar-refractivity contribution in [1.82, 2.24) is 9.55 Å². The molecule has 7 heteroatoms. The molecule has 0 amide bonds. The minimum Gasteiger partial charge on any atom is -0.400 e. The van der Waals surface area contributed by atoms with Crippen LogP contribution in [0.4, 0.5) is 0 Å². The number of benzene rings is 2. The summed E-state index contributed by atoms with van der Waals surface area (Å²) in [5, 5.41) is 19.0. The average Bonchev–Trinajstić information content (AvgIpc) is 3.01. The molecule has 0 unspecified atom stereocenters. The molecule has 2 N–H and O–H groups in total. The zero-order chi connectivity index (χ0) is 20.7. The molecule has 0 aliphatic heterocycles. The zero-order valence-corrected chi connectivity index (χ0v) is 18.4. The van der Waals surface area contributed by atoms with Crippen molar-refractivity contribution in [2.45, 2.75) is 42.8 Å². The predicted octanol–water partition coefficient (Wildman–Crippen LogP) is 5.61.